The zero-order chi connectivity index (χ0) is 13.7. The van der Waals surface area contributed by atoms with Crippen LogP contribution in [0, 0.1) is 5.92 Å². The Bertz CT molecular complexity index is 375. The molecule has 108 valence electrons. The Kier molecular flexibility index (Phi) is 5.34. The fraction of sp³-hybridized carbons (Fsp3) is 0.857. The van der Waals surface area contributed by atoms with E-state index in [9.17, 15) is 0 Å². The van der Waals surface area contributed by atoms with Gasteiger partial charge in [0.1, 0.15) is 6.10 Å². The minimum absolute atomic E-state index is 0.0646. The lowest BCUT2D eigenvalue weighted by Crippen LogP contribution is -2.30. The molecular formula is C14H25N3O2. The molecule has 0 bridgehead atoms. The molecule has 0 saturated heterocycles. The third kappa shape index (κ3) is 3.76. The van der Waals surface area contributed by atoms with E-state index in [2.05, 4.69) is 17.1 Å². The lowest BCUT2D eigenvalue weighted by molar-refractivity contribution is 0.0518. The Balaban J connectivity index is 1.92. The number of hydrogen-bond donors (Lipinski definition) is 1. The van der Waals surface area contributed by atoms with Gasteiger partial charge in [-0.05, 0) is 32.1 Å². The Hall–Kier alpha value is -0.940. The van der Waals surface area contributed by atoms with Crippen LogP contribution in [0.5, 0.6) is 0 Å². The summed E-state index contributed by atoms with van der Waals surface area (Å²) < 4.78 is 10.9. The van der Waals surface area contributed by atoms with Crippen LogP contribution in [0.2, 0.25) is 0 Å². The van der Waals surface area contributed by atoms with Crippen LogP contribution in [-0.4, -0.2) is 22.8 Å². The van der Waals surface area contributed by atoms with E-state index < -0.39 is 0 Å². The van der Waals surface area contributed by atoms with Crippen molar-refractivity contribution < 1.29 is 9.26 Å². The number of aromatic nitrogens is 2. The van der Waals surface area contributed by atoms with E-state index >= 15 is 0 Å². The van der Waals surface area contributed by atoms with Gasteiger partial charge in [-0.3, -0.25) is 0 Å². The van der Waals surface area contributed by atoms with Crippen LogP contribution in [0.3, 0.4) is 0 Å². The summed E-state index contributed by atoms with van der Waals surface area (Å²) in [6.45, 7) is 4.68. The Morgan fingerprint density at radius 3 is 2.74 bits per heavy atom. The molecule has 1 aromatic heterocycles. The first-order valence-electron chi connectivity index (χ1n) is 7.44. The quantitative estimate of drug-likeness (QED) is 0.822. The Morgan fingerprint density at radius 1 is 1.37 bits per heavy atom. The third-order valence-electron chi connectivity index (χ3n) is 3.93. The highest BCUT2D eigenvalue weighted by Gasteiger charge is 2.25. The standard InChI is InChI=1S/C14H25N3O2/c1-3-12(18-4-2)14-16-13(19-17-14)9-11(15)10-7-5-6-8-10/h10-12H,3-9,15H2,1-2H3. The Morgan fingerprint density at radius 2 is 2.11 bits per heavy atom. The number of hydrogen-bond acceptors (Lipinski definition) is 5. The summed E-state index contributed by atoms with van der Waals surface area (Å²) in [5, 5.41) is 4.02. The molecule has 1 aliphatic carbocycles. The molecule has 1 saturated carbocycles. The first-order chi connectivity index (χ1) is 9.24. The van der Waals surface area contributed by atoms with E-state index in [4.69, 9.17) is 15.0 Å². The molecule has 2 rings (SSSR count). The summed E-state index contributed by atoms with van der Waals surface area (Å²) in [6, 6.07) is 0.142. The van der Waals surface area contributed by atoms with Crippen molar-refractivity contribution in [3.05, 3.63) is 11.7 Å². The minimum Gasteiger partial charge on any atom is -0.370 e. The summed E-state index contributed by atoms with van der Waals surface area (Å²) in [5.41, 5.74) is 6.23. The smallest absolute Gasteiger partial charge is 0.228 e. The minimum atomic E-state index is -0.0646. The molecule has 2 unspecified atom stereocenters. The van der Waals surface area contributed by atoms with Crippen LogP contribution in [-0.2, 0) is 11.2 Å². The van der Waals surface area contributed by atoms with Crippen LogP contribution in [0.4, 0.5) is 0 Å². The van der Waals surface area contributed by atoms with Crippen LogP contribution in [0.25, 0.3) is 0 Å². The summed E-state index contributed by atoms with van der Waals surface area (Å²) >= 11 is 0. The van der Waals surface area contributed by atoms with Gasteiger partial charge in [0.15, 0.2) is 0 Å². The van der Waals surface area contributed by atoms with Gasteiger partial charge in [0.25, 0.3) is 0 Å². The molecule has 0 amide bonds. The zero-order valence-electron chi connectivity index (χ0n) is 12.0. The van der Waals surface area contributed by atoms with Gasteiger partial charge in [-0.15, -0.1) is 0 Å². The fourth-order valence-electron chi connectivity index (χ4n) is 2.81. The second-order valence-electron chi connectivity index (χ2n) is 5.31. The molecular weight excluding hydrogens is 242 g/mol. The van der Waals surface area contributed by atoms with Crippen LogP contribution in [0.1, 0.15) is 63.8 Å². The first kappa shape index (κ1) is 14.5. The normalized spacial score (nSPS) is 19.7. The maximum atomic E-state index is 6.23. The number of ether oxygens (including phenoxy) is 1. The zero-order valence-corrected chi connectivity index (χ0v) is 12.0. The SMILES string of the molecule is CCOC(CC)c1noc(CC(N)C2CCCC2)n1. The second kappa shape index (κ2) is 7.01. The highest BCUT2D eigenvalue weighted by molar-refractivity contribution is 4.94. The highest BCUT2D eigenvalue weighted by atomic mass is 16.5. The van der Waals surface area contributed by atoms with Crippen LogP contribution >= 0.6 is 0 Å². The van der Waals surface area contributed by atoms with Crippen molar-refractivity contribution in [3.63, 3.8) is 0 Å². The maximum Gasteiger partial charge on any atom is 0.228 e. The molecule has 1 aliphatic rings. The van der Waals surface area contributed by atoms with Crippen molar-refractivity contribution in [2.75, 3.05) is 6.61 Å². The average molecular weight is 267 g/mol. The van der Waals surface area contributed by atoms with Gasteiger partial charge in [0.05, 0.1) is 0 Å². The van der Waals surface area contributed by atoms with Gasteiger partial charge < -0.3 is 15.0 Å². The largest absolute Gasteiger partial charge is 0.370 e. The summed E-state index contributed by atoms with van der Waals surface area (Å²) in [7, 11) is 0. The van der Waals surface area contributed by atoms with E-state index in [0.29, 0.717) is 30.7 Å². The van der Waals surface area contributed by atoms with Crippen molar-refractivity contribution in [1.29, 1.82) is 0 Å². The number of nitrogens with zero attached hydrogens (tertiary/aromatic N) is 2. The van der Waals surface area contributed by atoms with Gasteiger partial charge in [0.2, 0.25) is 11.7 Å². The molecule has 5 nitrogen and oxygen atoms in total. The molecule has 1 aromatic rings. The van der Waals surface area contributed by atoms with Gasteiger partial charge in [-0.1, -0.05) is 24.9 Å². The van der Waals surface area contributed by atoms with Crippen LogP contribution in [0.15, 0.2) is 4.52 Å². The van der Waals surface area contributed by atoms with E-state index in [1.807, 2.05) is 6.92 Å². The molecule has 5 heteroatoms. The molecule has 19 heavy (non-hydrogen) atoms. The van der Waals surface area contributed by atoms with Crippen molar-refractivity contribution in [3.8, 4) is 0 Å². The predicted octanol–water partition coefficient (Wildman–Crippen LogP) is 2.62. The monoisotopic (exact) mass is 267 g/mol. The lowest BCUT2D eigenvalue weighted by atomic mass is 9.96. The molecule has 1 fully saturated rings. The van der Waals surface area contributed by atoms with Crippen LogP contribution < -0.4 is 5.73 Å². The highest BCUT2D eigenvalue weighted by Crippen LogP contribution is 2.28. The van der Waals surface area contributed by atoms with Crippen molar-refractivity contribution in [1.82, 2.24) is 10.1 Å². The summed E-state index contributed by atoms with van der Waals surface area (Å²) in [6.07, 6.45) is 6.54. The lowest BCUT2D eigenvalue weighted by Gasteiger charge is -2.16. The number of nitrogens with two attached hydrogens (primary N) is 1. The topological polar surface area (TPSA) is 74.2 Å². The third-order valence-corrected chi connectivity index (χ3v) is 3.93. The summed E-state index contributed by atoms with van der Waals surface area (Å²) in [4.78, 5) is 4.43. The molecule has 0 aromatic carbocycles. The van der Waals surface area contributed by atoms with Crippen molar-refractivity contribution >= 4 is 0 Å². The van der Waals surface area contributed by atoms with Gasteiger partial charge in [-0.2, -0.15) is 4.98 Å². The molecule has 0 spiro atoms. The maximum absolute atomic E-state index is 6.23. The fourth-order valence-corrected chi connectivity index (χ4v) is 2.81. The number of rotatable bonds is 7. The van der Waals surface area contributed by atoms with E-state index in [0.717, 1.165) is 6.42 Å². The van der Waals surface area contributed by atoms with Gasteiger partial charge >= 0.3 is 0 Å². The van der Waals surface area contributed by atoms with Crippen molar-refractivity contribution in [2.24, 2.45) is 11.7 Å². The summed E-state index contributed by atoms with van der Waals surface area (Å²) in [5.74, 6) is 1.91. The molecule has 2 atom stereocenters. The van der Waals surface area contributed by atoms with E-state index in [-0.39, 0.29) is 12.1 Å². The molecule has 0 radical (unpaired) electrons. The predicted molar refractivity (Wildman–Crippen MR) is 72.6 cm³/mol. The van der Waals surface area contributed by atoms with Crippen molar-refractivity contribution in [2.45, 2.75) is 64.5 Å². The van der Waals surface area contributed by atoms with Gasteiger partial charge in [0, 0.05) is 19.1 Å². The molecule has 0 aliphatic heterocycles. The van der Waals surface area contributed by atoms with E-state index in [1.54, 1.807) is 0 Å². The average Bonchev–Trinajstić information content (AvgIpc) is 3.06. The first-order valence-corrected chi connectivity index (χ1v) is 7.44. The second-order valence-corrected chi connectivity index (χ2v) is 5.31. The Labute approximate surface area is 114 Å². The molecule has 1 heterocycles. The molecule has 2 N–H and O–H groups in total. The van der Waals surface area contributed by atoms with Gasteiger partial charge in [-0.25, -0.2) is 0 Å². The van der Waals surface area contributed by atoms with E-state index in [1.165, 1.54) is 25.7 Å².